The van der Waals surface area contributed by atoms with Crippen LogP contribution in [0.1, 0.15) is 201 Å². The number of carbonyl (C=O) groups excluding carboxylic acids is 2. The molecule has 0 heterocycles. The smallest absolute Gasteiger partial charge is 0.462 e. The predicted octanol–water partition coefficient (Wildman–Crippen LogP) is 11.6. The number of hydrogen-bond donors (Lipinski definition) is 1. The normalized spacial score (nSPS) is 13.4. The summed E-state index contributed by atoms with van der Waals surface area (Å²) in [5, 5.41) is 0. The van der Waals surface area contributed by atoms with Gasteiger partial charge in [0.05, 0.1) is 13.2 Å². The van der Waals surface area contributed by atoms with E-state index < -0.39 is 19.9 Å². The van der Waals surface area contributed by atoms with Crippen LogP contribution in [-0.2, 0) is 32.7 Å². The van der Waals surface area contributed by atoms with Crippen molar-refractivity contribution in [1.29, 1.82) is 0 Å². The highest BCUT2D eigenvalue weighted by atomic mass is 31.2. The zero-order chi connectivity index (χ0) is 34.0. The summed E-state index contributed by atoms with van der Waals surface area (Å²) >= 11 is 0. The molecule has 46 heavy (non-hydrogen) atoms. The highest BCUT2D eigenvalue weighted by Gasteiger charge is 2.25. The van der Waals surface area contributed by atoms with E-state index >= 15 is 0 Å². The number of esters is 2. The van der Waals surface area contributed by atoms with E-state index in [-0.39, 0.29) is 32.2 Å². The first kappa shape index (κ1) is 45.0. The molecule has 0 amide bonds. The Kier molecular flexibility index (Phi) is 33.2. The molecule has 2 unspecified atom stereocenters. The average molecular weight is 677 g/mol. The van der Waals surface area contributed by atoms with Crippen LogP contribution in [0, 0.1) is 0 Å². The zero-order valence-corrected chi connectivity index (χ0v) is 31.1. The van der Waals surface area contributed by atoms with E-state index in [0.29, 0.717) is 6.42 Å². The molecule has 0 aliphatic carbocycles. The second-order valence-electron chi connectivity index (χ2n) is 13.0. The molecule has 0 aromatic carbocycles. The summed E-state index contributed by atoms with van der Waals surface area (Å²) in [7, 11) is -4.26. The Morgan fingerprint density at radius 3 is 1.22 bits per heavy atom. The van der Waals surface area contributed by atoms with Gasteiger partial charge in [-0.3, -0.25) is 18.6 Å². The molecular weight excluding hydrogens is 603 g/mol. The molecule has 274 valence electrons. The number of ether oxygens (including phenoxy) is 2. The van der Waals surface area contributed by atoms with E-state index in [1.165, 1.54) is 128 Å². The van der Waals surface area contributed by atoms with Gasteiger partial charge in [0.2, 0.25) is 0 Å². The van der Waals surface area contributed by atoms with E-state index in [1.54, 1.807) is 6.92 Å². The molecule has 0 aliphatic rings. The van der Waals surface area contributed by atoms with Crippen molar-refractivity contribution in [3.05, 3.63) is 0 Å². The van der Waals surface area contributed by atoms with Crippen molar-refractivity contribution >= 4 is 19.8 Å². The second kappa shape index (κ2) is 33.9. The minimum absolute atomic E-state index is 0.00535. The lowest BCUT2D eigenvalue weighted by molar-refractivity contribution is -0.161. The summed E-state index contributed by atoms with van der Waals surface area (Å²) in [5.41, 5.74) is 0. The lowest BCUT2D eigenvalue weighted by atomic mass is 10.0. The van der Waals surface area contributed by atoms with Crippen LogP contribution in [0.5, 0.6) is 0 Å². The Morgan fingerprint density at radius 1 is 0.500 bits per heavy atom. The maximum atomic E-state index is 12.5. The fraction of sp³-hybridized carbons (Fsp3) is 0.946. The third kappa shape index (κ3) is 33.0. The third-order valence-corrected chi connectivity index (χ3v) is 9.47. The fourth-order valence-corrected chi connectivity index (χ4v) is 6.33. The van der Waals surface area contributed by atoms with E-state index in [4.69, 9.17) is 18.5 Å². The molecule has 0 aromatic heterocycles. The van der Waals surface area contributed by atoms with E-state index in [2.05, 4.69) is 13.8 Å². The molecule has 0 aliphatic heterocycles. The van der Waals surface area contributed by atoms with Gasteiger partial charge in [-0.25, -0.2) is 4.57 Å². The molecule has 0 saturated carbocycles. The number of carbonyl (C=O) groups is 2. The van der Waals surface area contributed by atoms with Crippen molar-refractivity contribution in [2.75, 3.05) is 19.8 Å². The van der Waals surface area contributed by atoms with Crippen molar-refractivity contribution in [2.24, 2.45) is 0 Å². The Labute approximate surface area is 283 Å². The molecule has 0 saturated heterocycles. The highest BCUT2D eigenvalue weighted by molar-refractivity contribution is 7.47. The first-order valence-electron chi connectivity index (χ1n) is 19.3. The molecule has 0 spiro atoms. The van der Waals surface area contributed by atoms with Gasteiger partial charge in [-0.1, -0.05) is 168 Å². The van der Waals surface area contributed by atoms with Crippen LogP contribution in [0.25, 0.3) is 0 Å². The molecule has 2 atom stereocenters. The monoisotopic (exact) mass is 677 g/mol. The van der Waals surface area contributed by atoms with E-state index in [0.717, 1.165) is 38.5 Å². The van der Waals surface area contributed by atoms with Crippen molar-refractivity contribution in [3.8, 4) is 0 Å². The Bertz CT molecular complexity index is 732. The number of hydrogen-bond acceptors (Lipinski definition) is 7. The quantitative estimate of drug-likeness (QED) is 0.0397. The van der Waals surface area contributed by atoms with Gasteiger partial charge in [0.25, 0.3) is 0 Å². The SMILES string of the molecule is CCCCCCCCCCCCCCCC(=O)OCC(COP(=O)(O)OCC)OC(=O)CCCCCCCCCCCCCCC. The van der Waals surface area contributed by atoms with Gasteiger partial charge in [-0.05, 0) is 19.8 Å². The van der Waals surface area contributed by atoms with Crippen molar-refractivity contribution < 1.29 is 37.6 Å². The van der Waals surface area contributed by atoms with E-state index in [9.17, 15) is 19.0 Å². The van der Waals surface area contributed by atoms with Crippen molar-refractivity contribution in [1.82, 2.24) is 0 Å². The Balaban J connectivity index is 4.11. The van der Waals surface area contributed by atoms with Gasteiger partial charge in [0.1, 0.15) is 6.61 Å². The summed E-state index contributed by atoms with van der Waals surface area (Å²) in [4.78, 5) is 34.6. The van der Waals surface area contributed by atoms with Gasteiger partial charge in [0, 0.05) is 12.8 Å². The summed E-state index contributed by atoms with van der Waals surface area (Å²) < 4.78 is 32.5. The molecule has 0 fully saturated rings. The van der Waals surface area contributed by atoms with Gasteiger partial charge >= 0.3 is 19.8 Å². The molecule has 8 nitrogen and oxygen atoms in total. The molecule has 0 aromatic rings. The number of unbranched alkanes of at least 4 members (excludes halogenated alkanes) is 24. The van der Waals surface area contributed by atoms with Gasteiger partial charge < -0.3 is 14.4 Å². The Morgan fingerprint density at radius 2 is 0.848 bits per heavy atom. The van der Waals surface area contributed by atoms with Crippen LogP contribution in [0.3, 0.4) is 0 Å². The zero-order valence-electron chi connectivity index (χ0n) is 30.2. The lowest BCUT2D eigenvalue weighted by Crippen LogP contribution is -2.29. The minimum atomic E-state index is -4.26. The number of phosphoric ester groups is 1. The van der Waals surface area contributed by atoms with Gasteiger partial charge in [0.15, 0.2) is 6.10 Å². The standard InChI is InChI=1S/C37H73O8P/c1-4-7-9-11-13-15-17-19-21-23-25-27-29-31-36(38)42-33-35(34-44-46(40,41)43-6-3)45-37(39)32-30-28-26-24-22-20-18-16-14-12-10-8-5-2/h35H,4-34H2,1-3H3,(H,40,41). The summed E-state index contributed by atoms with van der Waals surface area (Å²) in [6.45, 7) is 5.48. The first-order chi connectivity index (χ1) is 22.3. The highest BCUT2D eigenvalue weighted by Crippen LogP contribution is 2.43. The minimum Gasteiger partial charge on any atom is -0.462 e. The third-order valence-electron chi connectivity index (χ3n) is 8.41. The van der Waals surface area contributed by atoms with Gasteiger partial charge in [-0.15, -0.1) is 0 Å². The van der Waals surface area contributed by atoms with Gasteiger partial charge in [-0.2, -0.15) is 0 Å². The van der Waals surface area contributed by atoms with Crippen LogP contribution < -0.4 is 0 Å². The van der Waals surface area contributed by atoms with Crippen LogP contribution in [0.4, 0.5) is 0 Å². The van der Waals surface area contributed by atoms with Crippen LogP contribution >= 0.6 is 7.82 Å². The van der Waals surface area contributed by atoms with Crippen LogP contribution in [0.15, 0.2) is 0 Å². The molecular formula is C37H73O8P. The lowest BCUT2D eigenvalue weighted by Gasteiger charge is -2.19. The first-order valence-corrected chi connectivity index (χ1v) is 20.8. The van der Waals surface area contributed by atoms with E-state index in [1.807, 2.05) is 0 Å². The maximum absolute atomic E-state index is 12.5. The van der Waals surface area contributed by atoms with Crippen LogP contribution in [-0.4, -0.2) is 42.8 Å². The molecule has 0 bridgehead atoms. The molecule has 0 rings (SSSR count). The molecule has 0 radical (unpaired) electrons. The topological polar surface area (TPSA) is 108 Å². The van der Waals surface area contributed by atoms with Crippen molar-refractivity contribution in [2.45, 2.75) is 207 Å². The Hall–Kier alpha value is -0.950. The molecule has 9 heteroatoms. The summed E-state index contributed by atoms with van der Waals surface area (Å²) in [5.74, 6) is -0.786. The number of phosphoric acid groups is 1. The predicted molar refractivity (Wildman–Crippen MR) is 189 cm³/mol. The molecule has 1 N–H and O–H groups in total. The largest absolute Gasteiger partial charge is 0.472 e. The average Bonchev–Trinajstić information content (AvgIpc) is 3.03. The summed E-state index contributed by atoms with van der Waals surface area (Å²) in [6.07, 6.45) is 31.5. The maximum Gasteiger partial charge on any atom is 0.472 e. The van der Waals surface area contributed by atoms with Crippen LogP contribution in [0.2, 0.25) is 0 Å². The number of rotatable bonds is 36. The second-order valence-corrected chi connectivity index (χ2v) is 14.4. The van der Waals surface area contributed by atoms with Crippen molar-refractivity contribution in [3.63, 3.8) is 0 Å². The fourth-order valence-electron chi connectivity index (χ4n) is 5.57. The summed E-state index contributed by atoms with van der Waals surface area (Å²) in [6, 6.07) is 0.